The molecule has 0 fully saturated rings. The molecule has 0 saturated heterocycles. The minimum Gasteiger partial charge on any atom is -0.456 e. The van der Waals surface area contributed by atoms with E-state index in [0.29, 0.717) is 11.5 Å². The molecule has 2 aromatic heterocycles. The molecule has 9 nitrogen and oxygen atoms in total. The van der Waals surface area contributed by atoms with Crippen molar-refractivity contribution in [3.05, 3.63) is 42.4 Å². The number of rotatable bonds is 5. The zero-order valence-corrected chi connectivity index (χ0v) is 17.1. The molecular formula is C20H25N5O4. The third kappa shape index (κ3) is 6.87. The molecule has 0 aliphatic heterocycles. The van der Waals surface area contributed by atoms with E-state index in [0.717, 1.165) is 0 Å². The molecule has 154 valence electrons. The normalized spacial score (nSPS) is 11.0. The number of pyridine rings is 2. The number of anilines is 1. The molecule has 29 heavy (non-hydrogen) atoms. The number of urea groups is 1. The monoisotopic (exact) mass is 399 g/mol. The average Bonchev–Trinajstić information content (AvgIpc) is 2.62. The number of nitrogens with one attached hydrogen (secondary N) is 3. The van der Waals surface area contributed by atoms with Crippen molar-refractivity contribution in [2.75, 3.05) is 5.32 Å². The Balaban J connectivity index is 1.98. The molecule has 0 aromatic carbocycles. The lowest BCUT2D eigenvalue weighted by molar-refractivity contribution is -0.127. The summed E-state index contributed by atoms with van der Waals surface area (Å²) in [6, 6.07) is 5.60. The number of nitrogens with zero attached hydrogens (tertiary/aromatic N) is 2. The summed E-state index contributed by atoms with van der Waals surface area (Å²) in [7, 11) is 0. The van der Waals surface area contributed by atoms with Crippen LogP contribution in [0.1, 0.15) is 45.1 Å². The summed E-state index contributed by atoms with van der Waals surface area (Å²) in [5, 5.41) is 7.48. The molecule has 2 aromatic rings. The molecule has 4 amide bonds. The molecular weight excluding hydrogens is 374 g/mol. The van der Waals surface area contributed by atoms with Crippen molar-refractivity contribution < 1.29 is 19.1 Å². The fourth-order valence-corrected chi connectivity index (χ4v) is 2.02. The zero-order chi connectivity index (χ0) is 21.6. The van der Waals surface area contributed by atoms with Gasteiger partial charge in [-0.1, -0.05) is 20.8 Å². The van der Waals surface area contributed by atoms with Crippen LogP contribution in [0.2, 0.25) is 0 Å². The van der Waals surface area contributed by atoms with Crippen LogP contribution in [0, 0.1) is 5.41 Å². The second-order valence-corrected chi connectivity index (χ2v) is 7.64. The Labute approximate surface area is 169 Å². The van der Waals surface area contributed by atoms with Gasteiger partial charge in [-0.05, 0) is 32.0 Å². The summed E-state index contributed by atoms with van der Waals surface area (Å²) in [6.45, 7) is 8.84. The Morgan fingerprint density at radius 3 is 2.34 bits per heavy atom. The smallest absolute Gasteiger partial charge is 0.327 e. The standard InChI is InChI=1S/C20H25N5O4/c1-12(2)23-17(26)15-10-13(8-9-21-15)29-14-6-7-16(22-11-14)24-19(28)25-18(27)20(3,4)5/h6-12H,1-5H3,(H,23,26)(H2,22,24,25,27,28). The van der Waals surface area contributed by atoms with E-state index < -0.39 is 17.4 Å². The highest BCUT2D eigenvalue weighted by Gasteiger charge is 2.23. The number of ether oxygens (including phenoxy) is 1. The van der Waals surface area contributed by atoms with Crippen LogP contribution < -0.4 is 20.7 Å². The topological polar surface area (TPSA) is 122 Å². The maximum absolute atomic E-state index is 12.0. The summed E-state index contributed by atoms with van der Waals surface area (Å²) in [5.41, 5.74) is -0.444. The van der Waals surface area contributed by atoms with Crippen LogP contribution in [-0.2, 0) is 4.79 Å². The number of imide groups is 1. The molecule has 2 heterocycles. The van der Waals surface area contributed by atoms with Crippen LogP contribution in [0.5, 0.6) is 11.5 Å². The summed E-state index contributed by atoms with van der Waals surface area (Å²) in [4.78, 5) is 43.8. The average molecular weight is 399 g/mol. The van der Waals surface area contributed by atoms with Crippen LogP contribution in [0.15, 0.2) is 36.7 Å². The molecule has 3 N–H and O–H groups in total. The first-order valence-electron chi connectivity index (χ1n) is 9.08. The zero-order valence-electron chi connectivity index (χ0n) is 17.1. The molecule has 0 spiro atoms. The molecule has 0 radical (unpaired) electrons. The van der Waals surface area contributed by atoms with Gasteiger partial charge in [-0.15, -0.1) is 0 Å². The van der Waals surface area contributed by atoms with Crippen molar-refractivity contribution in [1.82, 2.24) is 20.6 Å². The van der Waals surface area contributed by atoms with Gasteiger partial charge in [-0.3, -0.25) is 25.2 Å². The van der Waals surface area contributed by atoms with E-state index in [2.05, 4.69) is 25.9 Å². The minimum absolute atomic E-state index is 0.00555. The maximum Gasteiger partial charge on any atom is 0.327 e. The Morgan fingerprint density at radius 1 is 1.03 bits per heavy atom. The van der Waals surface area contributed by atoms with Gasteiger partial charge in [0.05, 0.1) is 6.20 Å². The molecule has 0 aliphatic rings. The van der Waals surface area contributed by atoms with E-state index in [9.17, 15) is 14.4 Å². The van der Waals surface area contributed by atoms with E-state index in [1.807, 2.05) is 13.8 Å². The fourth-order valence-electron chi connectivity index (χ4n) is 2.02. The molecule has 0 bridgehead atoms. The predicted molar refractivity (Wildman–Crippen MR) is 108 cm³/mol. The lowest BCUT2D eigenvalue weighted by Crippen LogP contribution is -2.41. The van der Waals surface area contributed by atoms with Gasteiger partial charge >= 0.3 is 6.03 Å². The van der Waals surface area contributed by atoms with Gasteiger partial charge in [-0.2, -0.15) is 0 Å². The van der Waals surface area contributed by atoms with Crippen molar-refractivity contribution in [1.29, 1.82) is 0 Å². The summed E-state index contributed by atoms with van der Waals surface area (Å²) < 4.78 is 5.68. The Morgan fingerprint density at radius 2 is 1.76 bits per heavy atom. The lowest BCUT2D eigenvalue weighted by Gasteiger charge is -2.16. The van der Waals surface area contributed by atoms with Gasteiger partial charge < -0.3 is 10.1 Å². The highest BCUT2D eigenvalue weighted by atomic mass is 16.5. The van der Waals surface area contributed by atoms with Crippen LogP contribution in [0.3, 0.4) is 0 Å². The molecule has 2 rings (SSSR count). The van der Waals surface area contributed by atoms with Crippen molar-refractivity contribution in [2.45, 2.75) is 40.7 Å². The van der Waals surface area contributed by atoms with Gasteiger partial charge in [0.15, 0.2) is 0 Å². The van der Waals surface area contributed by atoms with E-state index in [4.69, 9.17) is 4.74 Å². The highest BCUT2D eigenvalue weighted by Crippen LogP contribution is 2.22. The van der Waals surface area contributed by atoms with E-state index in [1.54, 1.807) is 32.9 Å². The van der Waals surface area contributed by atoms with Gasteiger partial charge in [0, 0.05) is 23.7 Å². The molecule has 0 aliphatic carbocycles. The highest BCUT2D eigenvalue weighted by molar-refractivity contribution is 6.02. The van der Waals surface area contributed by atoms with Crippen LogP contribution in [0.25, 0.3) is 0 Å². The van der Waals surface area contributed by atoms with Gasteiger partial charge in [0.25, 0.3) is 5.91 Å². The SMILES string of the molecule is CC(C)NC(=O)c1cc(Oc2ccc(NC(=O)NC(=O)C(C)(C)C)nc2)ccn1. The number of carbonyl (C=O) groups excluding carboxylic acids is 3. The molecule has 9 heteroatoms. The minimum atomic E-state index is -0.683. The fraction of sp³-hybridized carbons (Fsp3) is 0.350. The van der Waals surface area contributed by atoms with Crippen molar-refractivity contribution in [2.24, 2.45) is 5.41 Å². The van der Waals surface area contributed by atoms with E-state index >= 15 is 0 Å². The van der Waals surface area contributed by atoms with Crippen LogP contribution in [0.4, 0.5) is 10.6 Å². The first kappa shape index (κ1) is 21.8. The van der Waals surface area contributed by atoms with Gasteiger partial charge in [-0.25, -0.2) is 9.78 Å². The number of amides is 4. The van der Waals surface area contributed by atoms with Crippen LogP contribution in [-0.4, -0.2) is 33.9 Å². The van der Waals surface area contributed by atoms with Crippen LogP contribution >= 0.6 is 0 Å². The molecule has 0 atom stereocenters. The Hall–Kier alpha value is -3.49. The molecule has 0 unspecified atom stereocenters. The lowest BCUT2D eigenvalue weighted by atomic mass is 9.96. The second-order valence-electron chi connectivity index (χ2n) is 7.64. The van der Waals surface area contributed by atoms with Gasteiger partial charge in [0.1, 0.15) is 23.0 Å². The number of hydrogen-bond donors (Lipinski definition) is 3. The van der Waals surface area contributed by atoms with Gasteiger partial charge in [0.2, 0.25) is 5.91 Å². The molecule has 0 saturated carbocycles. The summed E-state index contributed by atoms with van der Waals surface area (Å²) in [5.74, 6) is 0.389. The van der Waals surface area contributed by atoms with E-state index in [1.165, 1.54) is 24.5 Å². The van der Waals surface area contributed by atoms with Crippen molar-refractivity contribution in [3.63, 3.8) is 0 Å². The Kier molecular flexibility index (Phi) is 6.87. The number of carbonyl (C=O) groups is 3. The van der Waals surface area contributed by atoms with E-state index in [-0.39, 0.29) is 23.5 Å². The Bertz CT molecular complexity index is 888. The first-order valence-corrected chi connectivity index (χ1v) is 9.08. The first-order chi connectivity index (χ1) is 13.5. The second kappa shape index (κ2) is 9.13. The van der Waals surface area contributed by atoms with Crippen molar-refractivity contribution >= 4 is 23.7 Å². The number of aromatic nitrogens is 2. The summed E-state index contributed by atoms with van der Waals surface area (Å²) >= 11 is 0. The third-order valence-corrected chi connectivity index (χ3v) is 3.51. The predicted octanol–water partition coefficient (Wildman–Crippen LogP) is 3.10. The summed E-state index contributed by atoms with van der Waals surface area (Å²) in [6.07, 6.45) is 2.89. The third-order valence-electron chi connectivity index (χ3n) is 3.51. The number of hydrogen-bond acceptors (Lipinski definition) is 6. The largest absolute Gasteiger partial charge is 0.456 e. The quantitative estimate of drug-likeness (QED) is 0.710. The maximum atomic E-state index is 12.0. The van der Waals surface area contributed by atoms with Crippen molar-refractivity contribution in [3.8, 4) is 11.5 Å².